The van der Waals surface area contributed by atoms with Crippen molar-refractivity contribution in [3.8, 4) is 0 Å². The lowest BCUT2D eigenvalue weighted by Crippen LogP contribution is -1.85. The normalized spacial score (nSPS) is 23.1. The predicted octanol–water partition coefficient (Wildman–Crippen LogP) is 2.78. The van der Waals surface area contributed by atoms with Crippen molar-refractivity contribution in [1.82, 2.24) is 10.3 Å². The van der Waals surface area contributed by atoms with Gasteiger partial charge in [0.2, 0.25) is 0 Å². The van der Waals surface area contributed by atoms with Gasteiger partial charge in [0.25, 0.3) is 0 Å². The van der Waals surface area contributed by atoms with Gasteiger partial charge in [0.15, 0.2) is 0 Å². The van der Waals surface area contributed by atoms with Crippen molar-refractivity contribution in [3.05, 3.63) is 65.5 Å². The maximum absolute atomic E-state index is 4.04. The first kappa shape index (κ1) is 9.55. The van der Waals surface area contributed by atoms with E-state index in [0.29, 0.717) is 12.1 Å². The van der Waals surface area contributed by atoms with Crippen molar-refractivity contribution in [3.63, 3.8) is 0 Å². The molecule has 0 bridgehead atoms. The third-order valence-corrected chi connectivity index (χ3v) is 3.09. The number of pyridine rings is 1. The molecule has 0 saturated carbocycles. The van der Waals surface area contributed by atoms with Crippen molar-refractivity contribution in [2.45, 2.75) is 19.0 Å². The summed E-state index contributed by atoms with van der Waals surface area (Å²) < 4.78 is 0. The van der Waals surface area contributed by atoms with E-state index in [2.05, 4.69) is 53.6 Å². The van der Waals surface area contributed by atoms with E-state index < -0.39 is 0 Å². The molecule has 0 radical (unpaired) electrons. The molecular formula is C14H14N2. The fourth-order valence-electron chi connectivity index (χ4n) is 2.06. The SMILES string of the molecule is Cc1ccc([C@H]2N[C@H]2c2ccncc2)cc1. The van der Waals surface area contributed by atoms with Gasteiger partial charge in [0, 0.05) is 12.4 Å². The van der Waals surface area contributed by atoms with Gasteiger partial charge in [-0.05, 0) is 30.2 Å². The Morgan fingerprint density at radius 3 is 2.06 bits per heavy atom. The van der Waals surface area contributed by atoms with Crippen LogP contribution in [0.2, 0.25) is 0 Å². The van der Waals surface area contributed by atoms with Crippen LogP contribution in [0.1, 0.15) is 28.8 Å². The van der Waals surface area contributed by atoms with Crippen LogP contribution >= 0.6 is 0 Å². The van der Waals surface area contributed by atoms with Crippen LogP contribution < -0.4 is 5.32 Å². The van der Waals surface area contributed by atoms with E-state index in [1.165, 1.54) is 16.7 Å². The number of benzene rings is 1. The Morgan fingerprint density at radius 2 is 1.44 bits per heavy atom. The van der Waals surface area contributed by atoms with Gasteiger partial charge in [-0.25, -0.2) is 0 Å². The number of nitrogens with one attached hydrogen (secondary N) is 1. The molecule has 1 aromatic carbocycles. The van der Waals surface area contributed by atoms with Gasteiger partial charge in [-0.2, -0.15) is 0 Å². The molecule has 1 N–H and O–H groups in total. The van der Waals surface area contributed by atoms with Crippen molar-refractivity contribution in [2.75, 3.05) is 0 Å². The second-order valence-corrected chi connectivity index (χ2v) is 4.31. The molecule has 1 fully saturated rings. The molecule has 1 aliphatic heterocycles. The largest absolute Gasteiger partial charge is 0.300 e. The molecule has 0 amide bonds. The Kier molecular flexibility index (Phi) is 2.22. The smallest absolute Gasteiger partial charge is 0.0524 e. The number of rotatable bonds is 2. The minimum absolute atomic E-state index is 0.464. The minimum atomic E-state index is 0.464. The Labute approximate surface area is 95.3 Å². The van der Waals surface area contributed by atoms with Crippen molar-refractivity contribution < 1.29 is 0 Å². The van der Waals surface area contributed by atoms with Crippen LogP contribution in [0.25, 0.3) is 0 Å². The summed E-state index contributed by atoms with van der Waals surface area (Å²) in [5.41, 5.74) is 4.00. The average Bonchev–Trinajstić information content (AvgIpc) is 3.11. The maximum Gasteiger partial charge on any atom is 0.0524 e. The Bertz CT molecular complexity index is 476. The van der Waals surface area contributed by atoms with Gasteiger partial charge < -0.3 is 0 Å². The molecule has 0 unspecified atom stereocenters. The molecule has 2 atom stereocenters. The first-order valence-electron chi connectivity index (χ1n) is 5.57. The van der Waals surface area contributed by atoms with Crippen molar-refractivity contribution in [1.29, 1.82) is 0 Å². The van der Waals surface area contributed by atoms with Gasteiger partial charge >= 0.3 is 0 Å². The van der Waals surface area contributed by atoms with Gasteiger partial charge in [-0.3, -0.25) is 10.3 Å². The molecule has 3 rings (SSSR count). The van der Waals surface area contributed by atoms with Crippen LogP contribution in [0.15, 0.2) is 48.8 Å². The van der Waals surface area contributed by atoms with Crippen LogP contribution in [0.3, 0.4) is 0 Å². The molecule has 1 aliphatic rings. The number of hydrogen-bond acceptors (Lipinski definition) is 2. The average molecular weight is 210 g/mol. The van der Waals surface area contributed by atoms with Crippen molar-refractivity contribution >= 4 is 0 Å². The van der Waals surface area contributed by atoms with Gasteiger partial charge in [0.1, 0.15) is 0 Å². The zero-order valence-electron chi connectivity index (χ0n) is 9.22. The lowest BCUT2D eigenvalue weighted by molar-refractivity contribution is 1.02. The molecule has 0 spiro atoms. The fraction of sp³-hybridized carbons (Fsp3) is 0.214. The highest BCUT2D eigenvalue weighted by Crippen LogP contribution is 2.41. The van der Waals surface area contributed by atoms with Gasteiger partial charge in [-0.15, -0.1) is 0 Å². The molecule has 1 aromatic heterocycles. The highest BCUT2D eigenvalue weighted by Gasteiger charge is 2.38. The minimum Gasteiger partial charge on any atom is -0.300 e. The van der Waals surface area contributed by atoms with E-state index in [1.807, 2.05) is 12.4 Å². The number of aromatic nitrogens is 1. The van der Waals surface area contributed by atoms with E-state index in [-0.39, 0.29) is 0 Å². The Morgan fingerprint density at radius 1 is 0.875 bits per heavy atom. The summed E-state index contributed by atoms with van der Waals surface area (Å²) in [6, 6.07) is 13.8. The molecule has 1 saturated heterocycles. The summed E-state index contributed by atoms with van der Waals surface area (Å²) in [5, 5.41) is 3.49. The second kappa shape index (κ2) is 3.72. The van der Waals surface area contributed by atoms with Crippen LogP contribution in [0.4, 0.5) is 0 Å². The van der Waals surface area contributed by atoms with Crippen LogP contribution in [0, 0.1) is 6.92 Å². The van der Waals surface area contributed by atoms with E-state index in [4.69, 9.17) is 0 Å². The summed E-state index contributed by atoms with van der Waals surface area (Å²) in [7, 11) is 0. The number of aryl methyl sites for hydroxylation is 1. The maximum atomic E-state index is 4.04. The third-order valence-electron chi connectivity index (χ3n) is 3.09. The molecular weight excluding hydrogens is 196 g/mol. The van der Waals surface area contributed by atoms with E-state index >= 15 is 0 Å². The monoisotopic (exact) mass is 210 g/mol. The molecule has 16 heavy (non-hydrogen) atoms. The molecule has 0 aliphatic carbocycles. The quantitative estimate of drug-likeness (QED) is 0.773. The van der Waals surface area contributed by atoms with Gasteiger partial charge in [0.05, 0.1) is 12.1 Å². The Hall–Kier alpha value is -1.67. The summed E-state index contributed by atoms with van der Waals surface area (Å²) in [5.74, 6) is 0. The predicted molar refractivity (Wildman–Crippen MR) is 64.0 cm³/mol. The van der Waals surface area contributed by atoms with E-state index in [0.717, 1.165) is 0 Å². The fourth-order valence-corrected chi connectivity index (χ4v) is 2.06. The van der Waals surface area contributed by atoms with E-state index in [9.17, 15) is 0 Å². The lowest BCUT2D eigenvalue weighted by atomic mass is 10.0. The van der Waals surface area contributed by atoms with Crippen LogP contribution in [-0.4, -0.2) is 4.98 Å². The van der Waals surface area contributed by atoms with Crippen LogP contribution in [-0.2, 0) is 0 Å². The van der Waals surface area contributed by atoms with Crippen LogP contribution in [0.5, 0.6) is 0 Å². The summed E-state index contributed by atoms with van der Waals surface area (Å²) >= 11 is 0. The van der Waals surface area contributed by atoms with E-state index in [1.54, 1.807) is 0 Å². The molecule has 2 heterocycles. The molecule has 2 aromatic rings. The highest BCUT2D eigenvalue weighted by molar-refractivity contribution is 5.34. The second-order valence-electron chi connectivity index (χ2n) is 4.31. The van der Waals surface area contributed by atoms with Gasteiger partial charge in [-0.1, -0.05) is 29.8 Å². The highest BCUT2D eigenvalue weighted by atomic mass is 15.1. The summed E-state index contributed by atoms with van der Waals surface area (Å²) in [6.07, 6.45) is 3.70. The third kappa shape index (κ3) is 1.72. The Balaban J connectivity index is 1.79. The topological polar surface area (TPSA) is 34.8 Å². The zero-order valence-corrected chi connectivity index (χ0v) is 9.22. The zero-order chi connectivity index (χ0) is 11.0. The number of hydrogen-bond donors (Lipinski definition) is 1. The number of nitrogens with zero attached hydrogens (tertiary/aromatic N) is 1. The van der Waals surface area contributed by atoms with Crippen molar-refractivity contribution in [2.24, 2.45) is 0 Å². The lowest BCUT2D eigenvalue weighted by Gasteiger charge is -1.99. The first-order valence-corrected chi connectivity index (χ1v) is 5.57. The summed E-state index contributed by atoms with van der Waals surface area (Å²) in [6.45, 7) is 2.12. The summed E-state index contributed by atoms with van der Waals surface area (Å²) in [4.78, 5) is 4.04. The standard InChI is InChI=1S/C14H14N2/c1-10-2-4-11(5-3-10)13-14(16-13)12-6-8-15-9-7-12/h2-9,13-14,16H,1H3/t13-,14+/m1/s1. The molecule has 80 valence electrons. The molecule has 2 nitrogen and oxygen atoms in total. The first-order chi connectivity index (χ1) is 7.84. The molecule has 2 heteroatoms.